The number of aryl methyl sites for hydroxylation is 1. The van der Waals surface area contributed by atoms with Gasteiger partial charge in [-0.25, -0.2) is 0 Å². The van der Waals surface area contributed by atoms with Gasteiger partial charge in [-0.1, -0.05) is 45.0 Å². The van der Waals surface area contributed by atoms with Crippen molar-refractivity contribution in [3.63, 3.8) is 0 Å². The standard InChI is InChI=1S/C18H23N/c1-14-11-15(18(2,3)4)13-17(12-14)19(5)16-9-7-6-8-10-16/h6-13H,1-5H3. The minimum absolute atomic E-state index is 0.179. The molecule has 0 heterocycles. The summed E-state index contributed by atoms with van der Waals surface area (Å²) in [6.07, 6.45) is 0. The lowest BCUT2D eigenvalue weighted by Gasteiger charge is -2.25. The third-order valence-corrected chi connectivity index (χ3v) is 3.46. The summed E-state index contributed by atoms with van der Waals surface area (Å²) < 4.78 is 0. The van der Waals surface area contributed by atoms with Gasteiger partial charge in [0.15, 0.2) is 0 Å². The second-order valence-electron chi connectivity index (χ2n) is 6.20. The Morgan fingerprint density at radius 2 is 1.47 bits per heavy atom. The van der Waals surface area contributed by atoms with Gasteiger partial charge in [0.05, 0.1) is 0 Å². The van der Waals surface area contributed by atoms with Gasteiger partial charge in [-0.2, -0.15) is 0 Å². The third-order valence-electron chi connectivity index (χ3n) is 3.46. The summed E-state index contributed by atoms with van der Waals surface area (Å²) in [5, 5.41) is 0. The Bertz CT molecular complexity index is 550. The van der Waals surface area contributed by atoms with E-state index in [2.05, 4.69) is 82.1 Å². The van der Waals surface area contributed by atoms with Crippen LogP contribution in [0.4, 0.5) is 11.4 Å². The number of nitrogens with zero attached hydrogens (tertiary/aromatic N) is 1. The zero-order chi connectivity index (χ0) is 14.0. The maximum atomic E-state index is 2.29. The van der Waals surface area contributed by atoms with Gasteiger partial charge < -0.3 is 4.90 Å². The molecule has 0 saturated heterocycles. The predicted molar refractivity (Wildman–Crippen MR) is 84.4 cm³/mol. The van der Waals surface area contributed by atoms with Gasteiger partial charge in [-0.3, -0.25) is 0 Å². The molecule has 2 aromatic carbocycles. The maximum Gasteiger partial charge on any atom is 0.0413 e. The van der Waals surface area contributed by atoms with Crippen molar-refractivity contribution in [1.82, 2.24) is 0 Å². The highest BCUT2D eigenvalue weighted by atomic mass is 15.1. The summed E-state index contributed by atoms with van der Waals surface area (Å²) in [6, 6.07) is 17.3. The van der Waals surface area contributed by atoms with E-state index in [-0.39, 0.29) is 5.41 Å². The van der Waals surface area contributed by atoms with Crippen LogP contribution in [0.5, 0.6) is 0 Å². The number of anilines is 2. The molecule has 0 aliphatic carbocycles. The molecular weight excluding hydrogens is 230 g/mol. The highest BCUT2D eigenvalue weighted by Gasteiger charge is 2.16. The van der Waals surface area contributed by atoms with E-state index in [4.69, 9.17) is 0 Å². The fourth-order valence-corrected chi connectivity index (χ4v) is 2.19. The summed E-state index contributed by atoms with van der Waals surface area (Å²) in [5.74, 6) is 0. The van der Waals surface area contributed by atoms with E-state index < -0.39 is 0 Å². The molecule has 0 bridgehead atoms. The van der Waals surface area contributed by atoms with Gasteiger partial charge in [0, 0.05) is 18.4 Å². The highest BCUT2D eigenvalue weighted by molar-refractivity contribution is 5.64. The predicted octanol–water partition coefficient (Wildman–Crippen LogP) is 5.06. The average Bonchev–Trinajstić information content (AvgIpc) is 2.37. The number of para-hydroxylation sites is 1. The fraction of sp³-hybridized carbons (Fsp3) is 0.333. The Balaban J connectivity index is 2.43. The van der Waals surface area contributed by atoms with E-state index in [0.717, 1.165) is 0 Å². The van der Waals surface area contributed by atoms with Crippen molar-refractivity contribution in [2.24, 2.45) is 0 Å². The third kappa shape index (κ3) is 3.17. The van der Waals surface area contributed by atoms with Crippen molar-refractivity contribution in [3.8, 4) is 0 Å². The molecule has 0 atom stereocenters. The molecule has 0 saturated carbocycles. The molecule has 0 aromatic heterocycles. The number of hydrogen-bond acceptors (Lipinski definition) is 1. The summed E-state index contributed by atoms with van der Waals surface area (Å²) in [4.78, 5) is 2.24. The van der Waals surface area contributed by atoms with Gasteiger partial charge >= 0.3 is 0 Å². The van der Waals surface area contributed by atoms with E-state index in [1.807, 2.05) is 6.07 Å². The molecule has 0 N–H and O–H groups in total. The highest BCUT2D eigenvalue weighted by Crippen LogP contribution is 2.30. The Labute approximate surface area is 116 Å². The van der Waals surface area contributed by atoms with Crippen LogP contribution in [0.2, 0.25) is 0 Å². The van der Waals surface area contributed by atoms with Crippen LogP contribution in [-0.4, -0.2) is 7.05 Å². The van der Waals surface area contributed by atoms with Crippen molar-refractivity contribution in [2.75, 3.05) is 11.9 Å². The summed E-state index contributed by atoms with van der Waals surface area (Å²) >= 11 is 0. The minimum atomic E-state index is 0.179. The van der Waals surface area contributed by atoms with E-state index in [1.54, 1.807) is 0 Å². The lowest BCUT2D eigenvalue weighted by atomic mass is 9.86. The number of hydrogen-bond donors (Lipinski definition) is 0. The second kappa shape index (κ2) is 5.08. The van der Waals surface area contributed by atoms with Crippen molar-refractivity contribution in [1.29, 1.82) is 0 Å². The van der Waals surface area contributed by atoms with Gasteiger partial charge in [-0.05, 0) is 47.7 Å². The molecule has 2 rings (SSSR count). The van der Waals surface area contributed by atoms with Crippen LogP contribution in [0, 0.1) is 6.92 Å². The van der Waals surface area contributed by atoms with Crippen molar-refractivity contribution < 1.29 is 0 Å². The molecule has 0 aliphatic rings. The summed E-state index contributed by atoms with van der Waals surface area (Å²) in [7, 11) is 2.12. The van der Waals surface area contributed by atoms with E-state index in [0.29, 0.717) is 0 Å². The first-order valence-electron chi connectivity index (χ1n) is 6.79. The van der Waals surface area contributed by atoms with Gasteiger partial charge in [0.2, 0.25) is 0 Å². The molecule has 19 heavy (non-hydrogen) atoms. The smallest absolute Gasteiger partial charge is 0.0413 e. The molecule has 0 radical (unpaired) electrons. The van der Waals surface area contributed by atoms with Crippen molar-refractivity contribution in [3.05, 3.63) is 59.7 Å². The molecule has 0 unspecified atom stereocenters. The Kier molecular flexibility index (Phi) is 3.66. The van der Waals surface area contributed by atoms with Crippen LogP contribution in [0.3, 0.4) is 0 Å². The van der Waals surface area contributed by atoms with Crippen LogP contribution in [-0.2, 0) is 5.41 Å². The summed E-state index contributed by atoms with van der Waals surface area (Å²) in [5.41, 5.74) is 5.33. The number of benzene rings is 2. The Morgan fingerprint density at radius 3 is 2.05 bits per heavy atom. The lowest BCUT2D eigenvalue weighted by molar-refractivity contribution is 0.590. The van der Waals surface area contributed by atoms with Crippen LogP contribution < -0.4 is 4.90 Å². The van der Waals surface area contributed by atoms with E-state index in [9.17, 15) is 0 Å². The quantitative estimate of drug-likeness (QED) is 0.723. The topological polar surface area (TPSA) is 3.24 Å². The van der Waals surface area contributed by atoms with E-state index >= 15 is 0 Å². The molecule has 0 fully saturated rings. The van der Waals surface area contributed by atoms with Crippen LogP contribution in [0.25, 0.3) is 0 Å². The molecule has 2 aromatic rings. The normalized spacial score (nSPS) is 11.4. The molecule has 0 amide bonds. The van der Waals surface area contributed by atoms with Crippen LogP contribution >= 0.6 is 0 Å². The van der Waals surface area contributed by atoms with Crippen LogP contribution in [0.1, 0.15) is 31.9 Å². The van der Waals surface area contributed by atoms with Crippen LogP contribution in [0.15, 0.2) is 48.5 Å². The van der Waals surface area contributed by atoms with Crippen molar-refractivity contribution in [2.45, 2.75) is 33.1 Å². The lowest BCUT2D eigenvalue weighted by Crippen LogP contribution is -2.14. The Hall–Kier alpha value is -1.76. The maximum absolute atomic E-state index is 2.29. The zero-order valence-electron chi connectivity index (χ0n) is 12.6. The average molecular weight is 253 g/mol. The van der Waals surface area contributed by atoms with Crippen molar-refractivity contribution >= 4 is 11.4 Å². The SMILES string of the molecule is Cc1cc(N(C)c2ccccc2)cc(C(C)(C)C)c1. The monoisotopic (exact) mass is 253 g/mol. The summed E-state index contributed by atoms with van der Waals surface area (Å²) in [6.45, 7) is 8.94. The van der Waals surface area contributed by atoms with Gasteiger partial charge in [-0.15, -0.1) is 0 Å². The fourth-order valence-electron chi connectivity index (χ4n) is 2.19. The Morgan fingerprint density at radius 1 is 0.842 bits per heavy atom. The molecular formula is C18H23N. The second-order valence-corrected chi connectivity index (χ2v) is 6.20. The molecule has 0 spiro atoms. The first kappa shape index (κ1) is 13.7. The first-order chi connectivity index (χ1) is 8.88. The van der Waals surface area contributed by atoms with Gasteiger partial charge in [0.1, 0.15) is 0 Å². The molecule has 1 heteroatoms. The van der Waals surface area contributed by atoms with Gasteiger partial charge in [0.25, 0.3) is 0 Å². The molecule has 0 aliphatic heterocycles. The molecule has 100 valence electrons. The first-order valence-corrected chi connectivity index (χ1v) is 6.79. The van der Waals surface area contributed by atoms with E-state index in [1.165, 1.54) is 22.5 Å². The molecule has 1 nitrogen and oxygen atoms in total. The number of rotatable bonds is 2. The minimum Gasteiger partial charge on any atom is -0.345 e. The zero-order valence-corrected chi connectivity index (χ0v) is 12.6. The largest absolute Gasteiger partial charge is 0.345 e.